The highest BCUT2D eigenvalue weighted by Gasteiger charge is 2.09. The molecule has 0 bridgehead atoms. The van der Waals surface area contributed by atoms with Crippen molar-refractivity contribution in [3.05, 3.63) is 53.1 Å². The number of esters is 1. The molecule has 3 aromatic rings. The molecule has 0 saturated carbocycles. The number of ether oxygens (including phenoxy) is 1. The third-order valence-electron chi connectivity index (χ3n) is 3.04. The molecule has 1 heterocycles. The maximum absolute atomic E-state index is 11.4. The molecule has 2 aromatic carbocycles. The number of hydrogen-bond acceptors (Lipinski definition) is 3. The predicted octanol–water partition coefficient (Wildman–Crippen LogP) is 3.67. The van der Waals surface area contributed by atoms with Crippen LogP contribution in [0.15, 0.2) is 42.5 Å². The minimum Gasteiger partial charge on any atom is -0.465 e. The van der Waals surface area contributed by atoms with Gasteiger partial charge in [0.05, 0.1) is 23.2 Å². The largest absolute Gasteiger partial charge is 0.465 e. The zero-order chi connectivity index (χ0) is 14.1. The number of carbonyl (C=O) groups is 1. The van der Waals surface area contributed by atoms with E-state index < -0.39 is 0 Å². The maximum atomic E-state index is 11.4. The van der Waals surface area contributed by atoms with E-state index in [0.717, 1.165) is 16.6 Å². The summed E-state index contributed by atoms with van der Waals surface area (Å²) in [6.45, 7) is 0. The molecule has 5 heteroatoms. The van der Waals surface area contributed by atoms with Crippen LogP contribution in [0, 0.1) is 0 Å². The molecule has 0 fully saturated rings. The van der Waals surface area contributed by atoms with Crippen molar-refractivity contribution in [3.8, 4) is 11.4 Å². The van der Waals surface area contributed by atoms with Crippen molar-refractivity contribution >= 4 is 28.6 Å². The Kier molecular flexibility index (Phi) is 3.16. The molecule has 0 amide bonds. The Morgan fingerprint density at radius 3 is 2.60 bits per heavy atom. The molecule has 0 spiro atoms. The van der Waals surface area contributed by atoms with Crippen LogP contribution in [0.4, 0.5) is 0 Å². The molecule has 100 valence electrons. The van der Waals surface area contributed by atoms with Gasteiger partial charge >= 0.3 is 5.97 Å². The highest BCUT2D eigenvalue weighted by molar-refractivity contribution is 6.35. The van der Waals surface area contributed by atoms with Crippen LogP contribution in [-0.4, -0.2) is 23.0 Å². The lowest BCUT2D eigenvalue weighted by molar-refractivity contribution is 0.0601. The summed E-state index contributed by atoms with van der Waals surface area (Å²) in [4.78, 5) is 19.1. The van der Waals surface area contributed by atoms with Gasteiger partial charge in [0.15, 0.2) is 0 Å². The number of para-hydroxylation sites is 1. The van der Waals surface area contributed by atoms with Crippen molar-refractivity contribution in [2.24, 2.45) is 0 Å². The summed E-state index contributed by atoms with van der Waals surface area (Å²) in [6.07, 6.45) is 0. The standard InChI is InChI=1S/C15H11ClN2O2/c1-20-15(19)10-7-5-9(6-8-10)14-17-12-4-2-3-11(16)13(12)18-14/h2-8H,1H3,(H,17,18). The van der Waals surface area contributed by atoms with Crippen molar-refractivity contribution in [2.75, 3.05) is 7.11 Å². The average molecular weight is 287 g/mol. The fourth-order valence-corrected chi connectivity index (χ4v) is 2.23. The van der Waals surface area contributed by atoms with Gasteiger partial charge in [0.25, 0.3) is 0 Å². The summed E-state index contributed by atoms with van der Waals surface area (Å²) in [5.41, 5.74) is 3.00. The van der Waals surface area contributed by atoms with Crippen molar-refractivity contribution in [3.63, 3.8) is 0 Å². The van der Waals surface area contributed by atoms with E-state index in [1.54, 1.807) is 18.2 Å². The van der Waals surface area contributed by atoms with Crippen molar-refractivity contribution < 1.29 is 9.53 Å². The number of imidazole rings is 1. The van der Waals surface area contributed by atoms with Crippen LogP contribution >= 0.6 is 11.6 Å². The SMILES string of the molecule is COC(=O)c1ccc(-c2nc3c(Cl)cccc3[nH]2)cc1. The summed E-state index contributed by atoms with van der Waals surface area (Å²) in [6, 6.07) is 12.6. The van der Waals surface area contributed by atoms with Gasteiger partial charge in [0, 0.05) is 5.56 Å². The monoisotopic (exact) mass is 286 g/mol. The molecular formula is C15H11ClN2O2. The number of halogens is 1. The third-order valence-corrected chi connectivity index (χ3v) is 3.35. The molecule has 0 radical (unpaired) electrons. The predicted molar refractivity (Wildman–Crippen MR) is 77.9 cm³/mol. The topological polar surface area (TPSA) is 55.0 Å². The van der Waals surface area contributed by atoms with Crippen LogP contribution in [0.25, 0.3) is 22.4 Å². The van der Waals surface area contributed by atoms with Gasteiger partial charge in [-0.2, -0.15) is 0 Å². The van der Waals surface area contributed by atoms with Crippen LogP contribution in [0.2, 0.25) is 5.02 Å². The zero-order valence-corrected chi connectivity index (χ0v) is 11.4. The number of fused-ring (bicyclic) bond motifs is 1. The Hall–Kier alpha value is -2.33. The number of methoxy groups -OCH3 is 1. The van der Waals surface area contributed by atoms with Crippen LogP contribution in [0.1, 0.15) is 10.4 Å². The highest BCUT2D eigenvalue weighted by Crippen LogP contribution is 2.25. The molecule has 20 heavy (non-hydrogen) atoms. The van der Waals surface area contributed by atoms with Gasteiger partial charge in [-0.1, -0.05) is 29.8 Å². The van der Waals surface area contributed by atoms with E-state index in [2.05, 4.69) is 14.7 Å². The van der Waals surface area contributed by atoms with Gasteiger partial charge in [0.1, 0.15) is 11.3 Å². The molecule has 0 unspecified atom stereocenters. The molecule has 0 aliphatic rings. The Balaban J connectivity index is 2.02. The van der Waals surface area contributed by atoms with Gasteiger partial charge in [-0.15, -0.1) is 0 Å². The summed E-state index contributed by atoms with van der Waals surface area (Å²) in [7, 11) is 1.36. The summed E-state index contributed by atoms with van der Waals surface area (Å²) in [5.74, 6) is 0.355. The quantitative estimate of drug-likeness (QED) is 0.731. The lowest BCUT2D eigenvalue weighted by Gasteiger charge is -2.00. The molecule has 0 saturated heterocycles. The second-order valence-electron chi connectivity index (χ2n) is 4.29. The Labute approximate surface area is 120 Å². The summed E-state index contributed by atoms with van der Waals surface area (Å²) < 4.78 is 4.67. The first-order chi connectivity index (χ1) is 9.69. The Bertz CT molecular complexity index is 778. The molecule has 1 N–H and O–H groups in total. The molecule has 1 aromatic heterocycles. The van der Waals surface area contributed by atoms with E-state index in [4.69, 9.17) is 11.6 Å². The van der Waals surface area contributed by atoms with E-state index in [-0.39, 0.29) is 5.97 Å². The normalized spacial score (nSPS) is 10.7. The van der Waals surface area contributed by atoms with E-state index in [0.29, 0.717) is 16.4 Å². The lowest BCUT2D eigenvalue weighted by atomic mass is 10.1. The molecule has 0 aliphatic carbocycles. The first kappa shape index (κ1) is 12.7. The molecule has 0 atom stereocenters. The van der Waals surface area contributed by atoms with E-state index in [9.17, 15) is 4.79 Å². The van der Waals surface area contributed by atoms with Crippen LogP contribution in [0.3, 0.4) is 0 Å². The van der Waals surface area contributed by atoms with Gasteiger partial charge < -0.3 is 9.72 Å². The number of benzene rings is 2. The van der Waals surface area contributed by atoms with Gasteiger partial charge in [-0.25, -0.2) is 9.78 Å². The minimum atomic E-state index is -0.357. The minimum absolute atomic E-state index is 0.357. The molecule has 3 rings (SSSR count). The zero-order valence-electron chi connectivity index (χ0n) is 10.7. The summed E-state index contributed by atoms with van der Waals surface area (Å²) >= 11 is 6.10. The molecular weight excluding hydrogens is 276 g/mol. The number of nitrogens with one attached hydrogen (secondary N) is 1. The Morgan fingerprint density at radius 2 is 1.95 bits per heavy atom. The fourth-order valence-electron chi connectivity index (χ4n) is 2.02. The van der Waals surface area contributed by atoms with Crippen LogP contribution in [0.5, 0.6) is 0 Å². The van der Waals surface area contributed by atoms with Crippen LogP contribution < -0.4 is 0 Å². The number of carbonyl (C=O) groups excluding carboxylic acids is 1. The van der Waals surface area contributed by atoms with Crippen molar-refractivity contribution in [2.45, 2.75) is 0 Å². The third kappa shape index (κ3) is 2.14. The van der Waals surface area contributed by atoms with Gasteiger partial charge in [-0.05, 0) is 24.3 Å². The Morgan fingerprint density at radius 1 is 1.20 bits per heavy atom. The average Bonchev–Trinajstić information content (AvgIpc) is 2.92. The molecule has 0 aliphatic heterocycles. The number of nitrogens with zero attached hydrogens (tertiary/aromatic N) is 1. The number of rotatable bonds is 2. The first-order valence-electron chi connectivity index (χ1n) is 6.02. The van der Waals surface area contributed by atoms with Crippen molar-refractivity contribution in [1.29, 1.82) is 0 Å². The smallest absolute Gasteiger partial charge is 0.337 e. The lowest BCUT2D eigenvalue weighted by Crippen LogP contribution is -2.00. The number of aromatic amines is 1. The second kappa shape index (κ2) is 4.98. The van der Waals surface area contributed by atoms with Gasteiger partial charge in [0.2, 0.25) is 0 Å². The number of H-pyrrole nitrogens is 1. The van der Waals surface area contributed by atoms with E-state index in [1.807, 2.05) is 24.3 Å². The van der Waals surface area contributed by atoms with Gasteiger partial charge in [-0.3, -0.25) is 0 Å². The first-order valence-corrected chi connectivity index (χ1v) is 6.40. The van der Waals surface area contributed by atoms with E-state index >= 15 is 0 Å². The fraction of sp³-hybridized carbons (Fsp3) is 0.0667. The second-order valence-corrected chi connectivity index (χ2v) is 4.70. The van der Waals surface area contributed by atoms with Crippen LogP contribution in [-0.2, 0) is 4.74 Å². The van der Waals surface area contributed by atoms with Crippen molar-refractivity contribution in [1.82, 2.24) is 9.97 Å². The number of hydrogen-bond donors (Lipinski definition) is 1. The highest BCUT2D eigenvalue weighted by atomic mass is 35.5. The summed E-state index contributed by atoms with van der Waals surface area (Å²) in [5, 5.41) is 0.608. The number of aromatic nitrogens is 2. The maximum Gasteiger partial charge on any atom is 0.337 e. The van der Waals surface area contributed by atoms with E-state index in [1.165, 1.54) is 7.11 Å². The molecule has 4 nitrogen and oxygen atoms in total.